The predicted molar refractivity (Wildman–Crippen MR) is 286 cm³/mol. The molecule has 0 aliphatic heterocycles. The molecule has 9 fully saturated rings. The van der Waals surface area contributed by atoms with Crippen LogP contribution in [0.4, 0.5) is 0 Å². The maximum absolute atomic E-state index is 2.47. The summed E-state index contributed by atoms with van der Waals surface area (Å²) in [7, 11) is 0. The zero-order chi connectivity index (χ0) is 45.4. The molecule has 0 aromatic rings. The summed E-state index contributed by atoms with van der Waals surface area (Å²) in [6.07, 6.45) is 63.5. The molecule has 0 bridgehead atoms. The second-order valence-electron chi connectivity index (χ2n) is 28.1. The van der Waals surface area contributed by atoms with Gasteiger partial charge in [-0.05, 0) is 184 Å². The Hall–Kier alpha value is 0. The molecular weight excluding hydrogens is 781 g/mol. The number of rotatable bonds is 11. The Bertz CT molecular complexity index is 1100. The molecule has 0 amide bonds. The van der Waals surface area contributed by atoms with Gasteiger partial charge < -0.3 is 0 Å². The van der Waals surface area contributed by atoms with Gasteiger partial charge in [-0.3, -0.25) is 0 Å². The zero-order valence-electron chi connectivity index (χ0n) is 45.4. The van der Waals surface area contributed by atoms with Crippen LogP contribution in [0.15, 0.2) is 0 Å². The predicted octanol–water partition coefficient (Wildman–Crippen LogP) is 21.3. The minimum absolute atomic E-state index is 1.02. The highest BCUT2D eigenvalue weighted by Crippen LogP contribution is 2.47. The van der Waals surface area contributed by atoms with Crippen molar-refractivity contribution < 1.29 is 0 Å². The average Bonchev–Trinajstić information content (AvgIpc) is 3.34. The largest absolute Gasteiger partial charge is 0.0651 e. The molecule has 378 valence electrons. The summed E-state index contributed by atoms with van der Waals surface area (Å²) in [6.45, 7) is 14.6. The summed E-state index contributed by atoms with van der Waals surface area (Å²) in [5.41, 5.74) is 0. The Balaban J connectivity index is 0.000000150. The Morgan fingerprint density at radius 2 is 0.323 bits per heavy atom. The van der Waals surface area contributed by atoms with Gasteiger partial charge in [0.1, 0.15) is 0 Å². The van der Waals surface area contributed by atoms with Crippen molar-refractivity contribution in [2.24, 2.45) is 107 Å². The second-order valence-corrected chi connectivity index (χ2v) is 28.1. The lowest BCUT2D eigenvalue weighted by atomic mass is 9.66. The van der Waals surface area contributed by atoms with Crippen molar-refractivity contribution in [2.75, 3.05) is 0 Å². The van der Waals surface area contributed by atoms with E-state index in [-0.39, 0.29) is 0 Å². The van der Waals surface area contributed by atoms with Crippen LogP contribution in [-0.2, 0) is 0 Å². The first-order valence-corrected chi connectivity index (χ1v) is 31.6. The molecule has 9 aliphatic carbocycles. The van der Waals surface area contributed by atoms with Crippen LogP contribution < -0.4 is 0 Å². The first-order valence-electron chi connectivity index (χ1n) is 31.6. The van der Waals surface area contributed by atoms with Crippen LogP contribution >= 0.6 is 0 Å². The lowest BCUT2D eigenvalue weighted by Crippen LogP contribution is -2.28. The molecule has 0 N–H and O–H groups in total. The third-order valence-corrected chi connectivity index (χ3v) is 22.8. The molecule has 9 aliphatic rings. The fourth-order valence-corrected chi connectivity index (χ4v) is 17.5. The summed E-state index contributed by atoms with van der Waals surface area (Å²) in [5.74, 6) is 19.4. The molecule has 9 saturated carbocycles. The van der Waals surface area contributed by atoms with Crippen LogP contribution in [0.25, 0.3) is 0 Å². The van der Waals surface area contributed by atoms with E-state index < -0.39 is 0 Å². The minimum Gasteiger partial charge on any atom is -0.0651 e. The molecule has 0 heterocycles. The van der Waals surface area contributed by atoms with Crippen molar-refractivity contribution in [3.63, 3.8) is 0 Å². The smallest absolute Gasteiger partial charge is 0.0386 e. The summed E-state index contributed by atoms with van der Waals surface area (Å²) in [4.78, 5) is 0. The summed E-state index contributed by atoms with van der Waals surface area (Å²) < 4.78 is 0. The SMILES string of the molecule is CC1CCC(C2CCC(CC3CCC(C4CCC(C)CC4)CC3)CC2)CC1.CC1CCC(CC2CCC(CC3CCC(C)CC3)CC2)CC1.CCC1CCC(CC2CCC(C)CC2)CC1. The molecule has 65 heavy (non-hydrogen) atoms. The zero-order valence-corrected chi connectivity index (χ0v) is 45.4. The number of hydrogen-bond donors (Lipinski definition) is 0. The first kappa shape index (κ1) is 52.8. The lowest BCUT2D eigenvalue weighted by molar-refractivity contribution is 0.117. The van der Waals surface area contributed by atoms with Gasteiger partial charge in [0.2, 0.25) is 0 Å². The topological polar surface area (TPSA) is 0 Å². The van der Waals surface area contributed by atoms with E-state index in [0.29, 0.717) is 0 Å². The van der Waals surface area contributed by atoms with Crippen LogP contribution in [0.1, 0.15) is 305 Å². The van der Waals surface area contributed by atoms with Gasteiger partial charge in [-0.1, -0.05) is 228 Å². The molecular formula is C65H118. The van der Waals surface area contributed by atoms with Crippen molar-refractivity contribution in [1.29, 1.82) is 0 Å². The van der Waals surface area contributed by atoms with E-state index in [0.717, 1.165) is 107 Å². The van der Waals surface area contributed by atoms with Crippen LogP contribution in [0.2, 0.25) is 0 Å². The molecule has 0 unspecified atom stereocenters. The molecule has 9 rings (SSSR count). The summed E-state index contributed by atoms with van der Waals surface area (Å²) >= 11 is 0. The van der Waals surface area contributed by atoms with Crippen molar-refractivity contribution in [3.8, 4) is 0 Å². The highest BCUT2D eigenvalue weighted by molar-refractivity contribution is 4.86. The third-order valence-electron chi connectivity index (χ3n) is 22.8. The first-order chi connectivity index (χ1) is 31.6. The van der Waals surface area contributed by atoms with Gasteiger partial charge in [-0.2, -0.15) is 0 Å². The normalized spacial score (nSPS) is 44.4. The van der Waals surface area contributed by atoms with Crippen molar-refractivity contribution in [2.45, 2.75) is 305 Å². The molecule has 0 atom stereocenters. The maximum Gasteiger partial charge on any atom is -0.0386 e. The van der Waals surface area contributed by atoms with Crippen molar-refractivity contribution in [3.05, 3.63) is 0 Å². The highest BCUT2D eigenvalue weighted by Gasteiger charge is 2.34. The molecule has 0 aromatic carbocycles. The van der Waals surface area contributed by atoms with E-state index in [4.69, 9.17) is 0 Å². The highest BCUT2D eigenvalue weighted by atomic mass is 14.4. The quantitative estimate of drug-likeness (QED) is 0.194. The average molecular weight is 900 g/mol. The van der Waals surface area contributed by atoms with Gasteiger partial charge in [0, 0.05) is 0 Å². The second kappa shape index (κ2) is 28.1. The van der Waals surface area contributed by atoms with Crippen molar-refractivity contribution >= 4 is 0 Å². The van der Waals surface area contributed by atoms with Gasteiger partial charge in [0.05, 0.1) is 0 Å². The van der Waals surface area contributed by atoms with Crippen molar-refractivity contribution in [1.82, 2.24) is 0 Å². The monoisotopic (exact) mass is 899 g/mol. The summed E-state index contributed by atoms with van der Waals surface area (Å²) in [5, 5.41) is 0. The number of hydrogen-bond acceptors (Lipinski definition) is 0. The van der Waals surface area contributed by atoms with Gasteiger partial charge >= 0.3 is 0 Å². The van der Waals surface area contributed by atoms with Gasteiger partial charge in [0.15, 0.2) is 0 Å². The van der Waals surface area contributed by atoms with E-state index in [1.807, 2.05) is 0 Å². The van der Waals surface area contributed by atoms with E-state index in [9.17, 15) is 0 Å². The summed E-state index contributed by atoms with van der Waals surface area (Å²) in [6, 6.07) is 0. The van der Waals surface area contributed by atoms with E-state index in [1.165, 1.54) is 96.3 Å². The fourth-order valence-electron chi connectivity index (χ4n) is 17.5. The Morgan fingerprint density at radius 1 is 0.185 bits per heavy atom. The van der Waals surface area contributed by atoms with E-state index >= 15 is 0 Å². The van der Waals surface area contributed by atoms with Crippen LogP contribution in [0.3, 0.4) is 0 Å². The lowest BCUT2D eigenvalue weighted by Gasteiger charge is -2.40. The van der Waals surface area contributed by atoms with Crippen LogP contribution in [0, 0.1) is 107 Å². The fraction of sp³-hybridized carbons (Fsp3) is 1.00. The molecule has 0 radical (unpaired) electrons. The van der Waals surface area contributed by atoms with E-state index in [2.05, 4.69) is 41.5 Å². The van der Waals surface area contributed by atoms with Gasteiger partial charge in [0.25, 0.3) is 0 Å². The van der Waals surface area contributed by atoms with Gasteiger partial charge in [-0.25, -0.2) is 0 Å². The Morgan fingerprint density at radius 3 is 0.523 bits per heavy atom. The molecule has 0 nitrogen and oxygen atoms in total. The standard InChI is InChI=1S/C27H48.C22H40.C16H30/c1-20-3-11-24(12-4-20)26-15-7-22(8-16-26)19-23-9-17-27(18-10-23)25-13-5-21(2)6-14-25;1-17-3-7-19(8-4-17)15-21-11-13-22(14-12-21)16-20-9-5-18(2)6-10-20;1-3-14-8-10-16(11-9-14)12-15-6-4-13(2)5-7-15/h20-27H,3-19H2,1-2H3;17-22H,3-16H2,1-2H3;13-16H,3-12H2,1-2H3. The molecule has 0 aromatic heterocycles. The molecule has 0 heteroatoms. The molecule has 0 saturated heterocycles. The molecule has 0 spiro atoms. The minimum atomic E-state index is 1.02. The van der Waals surface area contributed by atoms with Crippen LogP contribution in [0.5, 0.6) is 0 Å². The van der Waals surface area contributed by atoms with E-state index in [1.54, 1.807) is 167 Å². The van der Waals surface area contributed by atoms with Crippen LogP contribution in [-0.4, -0.2) is 0 Å². The van der Waals surface area contributed by atoms with Gasteiger partial charge in [-0.15, -0.1) is 0 Å². The Kier molecular flexibility index (Phi) is 22.9. The Labute approximate surface area is 409 Å². The third kappa shape index (κ3) is 18.3. The maximum atomic E-state index is 2.47.